The number of aryl methyl sites for hydroxylation is 1. The highest BCUT2D eigenvalue weighted by atomic mass is 32.2. The number of aromatic hydroxyl groups is 1. The molecular formula is C42H71N3O4S. The molecule has 2 aromatic carbocycles. The molecule has 0 bridgehead atoms. The van der Waals surface area contributed by atoms with E-state index >= 15 is 0 Å². The van der Waals surface area contributed by atoms with Gasteiger partial charge in [0, 0.05) is 31.5 Å². The van der Waals surface area contributed by atoms with Crippen LogP contribution in [0.15, 0.2) is 70.6 Å². The number of aliphatic imine (C=N–C) groups is 1. The topological polar surface area (TPSA) is 108 Å². The van der Waals surface area contributed by atoms with Crippen LogP contribution in [0.25, 0.3) is 0 Å². The number of hydrogen-bond acceptors (Lipinski definition) is 5. The van der Waals surface area contributed by atoms with Gasteiger partial charge in [0.15, 0.2) is 0 Å². The predicted molar refractivity (Wildman–Crippen MR) is 215 cm³/mol. The molecule has 0 spiro atoms. The number of fused-ring (bicyclic) bond motifs is 3. The molecule has 1 saturated carbocycles. The lowest BCUT2D eigenvalue weighted by Gasteiger charge is -2.28. The Morgan fingerprint density at radius 1 is 0.860 bits per heavy atom. The molecule has 2 fully saturated rings. The Morgan fingerprint density at radius 2 is 1.42 bits per heavy atom. The van der Waals surface area contributed by atoms with Crippen LogP contribution >= 0.6 is 0 Å². The maximum Gasteiger partial charge on any atom is 0.240 e. The van der Waals surface area contributed by atoms with E-state index in [9.17, 15) is 13.5 Å². The van der Waals surface area contributed by atoms with Crippen LogP contribution in [0.4, 0.5) is 0 Å². The first-order valence-corrected chi connectivity index (χ1v) is 20.6. The summed E-state index contributed by atoms with van der Waals surface area (Å²) in [6, 6.07) is 14.8. The van der Waals surface area contributed by atoms with E-state index in [2.05, 4.69) is 57.6 Å². The van der Waals surface area contributed by atoms with Crippen molar-refractivity contribution in [3.63, 3.8) is 0 Å². The van der Waals surface area contributed by atoms with Crippen LogP contribution in [0.2, 0.25) is 0 Å². The van der Waals surface area contributed by atoms with Crippen LogP contribution in [-0.4, -0.2) is 45.3 Å². The molecule has 0 radical (unpaired) electrons. The van der Waals surface area contributed by atoms with Gasteiger partial charge in [0.05, 0.1) is 10.7 Å². The number of phenols is 1. The fraction of sp³-hybridized carbons (Fsp3) is 0.619. The minimum atomic E-state index is -3.42. The number of allylic oxidation sites excluding steroid dienone is 2. The van der Waals surface area contributed by atoms with Crippen molar-refractivity contribution in [3.8, 4) is 5.75 Å². The van der Waals surface area contributed by atoms with Crippen molar-refractivity contribution < 1.29 is 18.3 Å². The van der Waals surface area contributed by atoms with E-state index in [1.807, 2.05) is 44.9 Å². The van der Waals surface area contributed by atoms with Gasteiger partial charge in [0.1, 0.15) is 12.5 Å². The zero-order valence-electron chi connectivity index (χ0n) is 32.7. The SMILES string of the molecule is C/C=C\C.C=O.CCC.CCC.CCCCC.O=S(=O)(NCC1CCC(CN=C2CC3c4ccc(O)cc4CCC3N2)CC1)c1ccccc1. The molecular weight excluding hydrogens is 643 g/mol. The van der Waals surface area contributed by atoms with Crippen molar-refractivity contribution >= 4 is 22.6 Å². The van der Waals surface area contributed by atoms with E-state index in [0.717, 1.165) is 57.3 Å². The Balaban J connectivity index is 0.00000119. The number of hydrogen-bond donors (Lipinski definition) is 3. The van der Waals surface area contributed by atoms with Gasteiger partial charge in [-0.15, -0.1) is 0 Å². The van der Waals surface area contributed by atoms with Crippen molar-refractivity contribution in [3.05, 3.63) is 71.8 Å². The van der Waals surface area contributed by atoms with E-state index in [-0.39, 0.29) is 0 Å². The van der Waals surface area contributed by atoms with E-state index in [0.29, 0.717) is 41.0 Å². The molecule has 2 atom stereocenters. The molecule has 3 aliphatic rings. The number of benzene rings is 2. The number of nitrogens with one attached hydrogen (secondary N) is 2. The Kier molecular flexibility index (Phi) is 27.0. The molecule has 50 heavy (non-hydrogen) atoms. The average molecular weight is 714 g/mol. The summed E-state index contributed by atoms with van der Waals surface area (Å²) in [5.74, 6) is 2.92. The van der Waals surface area contributed by atoms with Gasteiger partial charge in [-0.3, -0.25) is 4.99 Å². The van der Waals surface area contributed by atoms with Gasteiger partial charge in [0.25, 0.3) is 0 Å². The normalized spacial score (nSPS) is 21.0. The lowest BCUT2D eigenvalue weighted by molar-refractivity contribution is -0.0980. The second-order valence-electron chi connectivity index (χ2n) is 13.3. The summed E-state index contributed by atoms with van der Waals surface area (Å²) in [6.07, 6.45) is 17.9. The Hall–Kier alpha value is -2.97. The zero-order valence-corrected chi connectivity index (χ0v) is 33.5. The smallest absolute Gasteiger partial charge is 0.240 e. The molecule has 2 aromatic rings. The highest BCUT2D eigenvalue weighted by Crippen LogP contribution is 2.39. The quantitative estimate of drug-likeness (QED) is 0.236. The minimum Gasteiger partial charge on any atom is -0.508 e. The lowest BCUT2D eigenvalue weighted by Crippen LogP contribution is -2.32. The number of rotatable bonds is 8. The third-order valence-electron chi connectivity index (χ3n) is 8.66. The van der Waals surface area contributed by atoms with Crippen LogP contribution in [0.1, 0.15) is 143 Å². The highest BCUT2D eigenvalue weighted by molar-refractivity contribution is 7.89. The predicted octanol–water partition coefficient (Wildman–Crippen LogP) is 10.4. The first-order chi connectivity index (χ1) is 24.1. The van der Waals surface area contributed by atoms with E-state index in [1.54, 1.807) is 30.3 Å². The Labute approximate surface area is 306 Å². The van der Waals surface area contributed by atoms with Crippen molar-refractivity contribution in [1.82, 2.24) is 10.0 Å². The maximum atomic E-state index is 12.4. The first kappa shape index (κ1) is 47.0. The molecule has 1 heterocycles. The average Bonchev–Trinajstić information content (AvgIpc) is 3.56. The van der Waals surface area contributed by atoms with Gasteiger partial charge in [-0.25, -0.2) is 13.1 Å². The van der Waals surface area contributed by atoms with Crippen molar-refractivity contribution in [2.24, 2.45) is 16.8 Å². The van der Waals surface area contributed by atoms with Gasteiger partial charge < -0.3 is 15.2 Å². The minimum absolute atomic E-state index is 0.332. The van der Waals surface area contributed by atoms with E-state index < -0.39 is 10.0 Å². The Bertz CT molecular complexity index is 1280. The standard InChI is InChI=1S/C26H33N3O3S.C5H12.C4H8.2C3H8.CH2O/c30-21-11-12-23-20(14-21)10-13-25-24(23)15-26(29-25)27-16-18-6-8-19(9-7-18)17-28-33(31,32)22-4-2-1-3-5-22;1-3-5-4-2;1-3-4-2;2*1-3-2;1-2/h1-5,11-12,14,18-19,24-25,28,30H,6-10,13,15-17H2,(H,27,29);3-5H2,1-2H3;3-4H,1-2H3;2*3H2,1-2H3;1H2/b;;4-3-;;;. The van der Waals surface area contributed by atoms with Gasteiger partial charge in [-0.05, 0) is 99.6 Å². The highest BCUT2D eigenvalue weighted by Gasteiger charge is 2.36. The van der Waals surface area contributed by atoms with Gasteiger partial charge >= 0.3 is 0 Å². The van der Waals surface area contributed by atoms with Gasteiger partial charge in [-0.1, -0.05) is 110 Å². The number of unbranched alkanes of at least 4 members (excludes halogenated alkanes) is 2. The molecule has 1 aliphatic heterocycles. The molecule has 0 amide bonds. The molecule has 3 N–H and O–H groups in total. The molecule has 5 rings (SSSR count). The fourth-order valence-electron chi connectivity index (χ4n) is 6.04. The first-order valence-electron chi connectivity index (χ1n) is 19.2. The summed E-state index contributed by atoms with van der Waals surface area (Å²) in [5, 5.41) is 13.4. The summed E-state index contributed by atoms with van der Waals surface area (Å²) in [4.78, 5) is 13.3. The van der Waals surface area contributed by atoms with Crippen LogP contribution in [0, 0.1) is 11.8 Å². The summed E-state index contributed by atoms with van der Waals surface area (Å²) in [6.45, 7) is 20.3. The molecule has 284 valence electrons. The van der Waals surface area contributed by atoms with Gasteiger partial charge in [-0.2, -0.15) is 0 Å². The number of nitrogens with zero attached hydrogens (tertiary/aromatic N) is 1. The number of carbonyl (C=O) groups excluding carboxylic acids is 1. The zero-order chi connectivity index (χ0) is 37.8. The van der Waals surface area contributed by atoms with Gasteiger partial charge in [0.2, 0.25) is 10.0 Å². The summed E-state index contributed by atoms with van der Waals surface area (Å²) in [5.41, 5.74) is 2.64. The molecule has 2 aliphatic carbocycles. The monoisotopic (exact) mass is 714 g/mol. The number of phenolic OH excluding ortho intramolecular Hbond substituents is 1. The van der Waals surface area contributed by atoms with Crippen molar-refractivity contribution in [2.75, 3.05) is 13.1 Å². The molecule has 0 aromatic heterocycles. The molecule has 7 nitrogen and oxygen atoms in total. The molecule has 8 heteroatoms. The second kappa shape index (κ2) is 28.7. The van der Waals surface area contributed by atoms with E-state index in [1.165, 1.54) is 43.2 Å². The fourth-order valence-corrected chi connectivity index (χ4v) is 7.17. The lowest BCUT2D eigenvalue weighted by atomic mass is 9.80. The van der Waals surface area contributed by atoms with Crippen molar-refractivity contribution in [1.29, 1.82) is 0 Å². The van der Waals surface area contributed by atoms with Crippen molar-refractivity contribution in [2.45, 2.75) is 149 Å². The van der Waals surface area contributed by atoms with Crippen LogP contribution in [-0.2, 0) is 21.2 Å². The summed E-state index contributed by atoms with van der Waals surface area (Å²) >= 11 is 0. The summed E-state index contributed by atoms with van der Waals surface area (Å²) in [7, 11) is -3.42. The van der Waals surface area contributed by atoms with E-state index in [4.69, 9.17) is 9.79 Å². The summed E-state index contributed by atoms with van der Waals surface area (Å²) < 4.78 is 27.7. The number of amidine groups is 1. The van der Waals surface area contributed by atoms with Crippen LogP contribution in [0.5, 0.6) is 5.75 Å². The third-order valence-corrected chi connectivity index (χ3v) is 10.1. The number of carbonyl (C=O) groups is 1. The molecule has 1 saturated heterocycles. The maximum absolute atomic E-state index is 12.4. The number of sulfonamides is 1. The second-order valence-corrected chi connectivity index (χ2v) is 15.0. The largest absolute Gasteiger partial charge is 0.508 e. The molecule has 2 unspecified atom stereocenters. The Morgan fingerprint density at radius 3 is 1.94 bits per heavy atom. The van der Waals surface area contributed by atoms with Crippen LogP contribution in [0.3, 0.4) is 0 Å². The third kappa shape index (κ3) is 18.3. The van der Waals surface area contributed by atoms with Crippen LogP contribution < -0.4 is 10.0 Å².